The van der Waals surface area contributed by atoms with Gasteiger partial charge in [0.2, 0.25) is 15.9 Å². The predicted octanol–water partition coefficient (Wildman–Crippen LogP) is 0.00300. The van der Waals surface area contributed by atoms with E-state index in [4.69, 9.17) is 0 Å². The minimum absolute atomic E-state index is 0.333. The summed E-state index contributed by atoms with van der Waals surface area (Å²) in [5.41, 5.74) is 1.58. The van der Waals surface area contributed by atoms with E-state index in [1.165, 1.54) is 0 Å². The molecule has 5 nitrogen and oxygen atoms in total. The number of sulfonamides is 1. The van der Waals surface area contributed by atoms with Crippen LogP contribution in [0.1, 0.15) is 27.2 Å². The molecule has 0 aromatic heterocycles. The largest absolute Gasteiger partial charge is 0.277 e. The monoisotopic (exact) mass is 208 g/mol. The summed E-state index contributed by atoms with van der Waals surface area (Å²) in [4.78, 5) is 13.2. The fourth-order valence-corrected chi connectivity index (χ4v) is 0.747. The molecule has 2 N–H and O–H groups in total. The molecule has 0 saturated heterocycles. The highest BCUT2D eigenvalue weighted by molar-refractivity contribution is 7.88. The summed E-state index contributed by atoms with van der Waals surface area (Å²) in [6, 6.07) is 0. The van der Waals surface area contributed by atoms with E-state index < -0.39 is 15.4 Å². The van der Waals surface area contributed by atoms with E-state index in [0.29, 0.717) is 6.42 Å². The number of hydrogen-bond acceptors (Lipinski definition) is 3. The van der Waals surface area contributed by atoms with E-state index in [2.05, 4.69) is 5.43 Å². The molecule has 13 heavy (non-hydrogen) atoms. The highest BCUT2D eigenvalue weighted by atomic mass is 32.2. The third-order valence-corrected chi connectivity index (χ3v) is 2.32. The van der Waals surface area contributed by atoms with Gasteiger partial charge in [-0.3, -0.25) is 10.2 Å². The minimum Gasteiger partial charge on any atom is -0.277 e. The summed E-state index contributed by atoms with van der Waals surface area (Å²) < 4.78 is 21.3. The van der Waals surface area contributed by atoms with Gasteiger partial charge in [0.15, 0.2) is 0 Å². The molecule has 0 radical (unpaired) electrons. The molecule has 6 heteroatoms. The second kappa shape index (κ2) is 4.06. The molecule has 0 bridgehead atoms. The van der Waals surface area contributed by atoms with Crippen molar-refractivity contribution in [2.75, 3.05) is 6.26 Å². The molecule has 1 amide bonds. The fraction of sp³-hybridized carbons (Fsp3) is 0.857. The van der Waals surface area contributed by atoms with E-state index in [0.717, 1.165) is 6.26 Å². The summed E-state index contributed by atoms with van der Waals surface area (Å²) in [6.45, 7) is 5.35. The zero-order valence-electron chi connectivity index (χ0n) is 8.34. The molecule has 0 spiro atoms. The number of hydrazine groups is 1. The van der Waals surface area contributed by atoms with Crippen LogP contribution in [0.15, 0.2) is 0 Å². The number of rotatable bonds is 4. The van der Waals surface area contributed by atoms with Crippen LogP contribution in [0.3, 0.4) is 0 Å². The van der Waals surface area contributed by atoms with Crippen LogP contribution >= 0.6 is 0 Å². The number of nitrogens with one attached hydrogen (secondary N) is 2. The summed E-state index contributed by atoms with van der Waals surface area (Å²) in [6.07, 6.45) is 1.62. The van der Waals surface area contributed by atoms with Crippen molar-refractivity contribution in [1.82, 2.24) is 10.3 Å². The smallest absolute Gasteiger partial charge is 0.240 e. The Hall–Kier alpha value is -0.620. The SMILES string of the molecule is CCC(C)(C)C(=O)NNS(C)(=O)=O. The van der Waals surface area contributed by atoms with Crippen LogP contribution in [-0.2, 0) is 14.8 Å². The maximum absolute atomic E-state index is 11.3. The zero-order valence-corrected chi connectivity index (χ0v) is 9.16. The van der Waals surface area contributed by atoms with Gasteiger partial charge in [-0.15, -0.1) is 4.83 Å². The molecule has 0 aromatic rings. The van der Waals surface area contributed by atoms with E-state index in [1.807, 2.05) is 11.8 Å². The first-order valence-electron chi connectivity index (χ1n) is 3.96. The predicted molar refractivity (Wildman–Crippen MR) is 50.2 cm³/mol. The molecule has 0 aliphatic rings. The Morgan fingerprint density at radius 1 is 1.38 bits per heavy atom. The maximum atomic E-state index is 11.3. The lowest BCUT2D eigenvalue weighted by Crippen LogP contribution is -2.46. The lowest BCUT2D eigenvalue weighted by atomic mass is 9.90. The number of carbonyl (C=O) groups is 1. The third-order valence-electron chi connectivity index (χ3n) is 1.85. The second-order valence-electron chi connectivity index (χ2n) is 3.57. The van der Waals surface area contributed by atoms with Gasteiger partial charge in [0.1, 0.15) is 0 Å². The Bertz CT molecular complexity index is 282. The molecule has 0 aliphatic heterocycles. The Balaban J connectivity index is 4.19. The minimum atomic E-state index is -3.37. The molecule has 0 rings (SSSR count). The summed E-state index contributed by atoms with van der Waals surface area (Å²) >= 11 is 0. The average Bonchev–Trinajstić information content (AvgIpc) is 1.98. The van der Waals surface area contributed by atoms with Crippen LogP contribution in [0, 0.1) is 5.41 Å². The van der Waals surface area contributed by atoms with Gasteiger partial charge >= 0.3 is 0 Å². The topological polar surface area (TPSA) is 75.3 Å². The molecule has 78 valence electrons. The van der Waals surface area contributed by atoms with Crippen molar-refractivity contribution in [2.24, 2.45) is 5.41 Å². The molecule has 0 saturated carbocycles. The third kappa shape index (κ3) is 4.84. The van der Waals surface area contributed by atoms with Crippen LogP contribution < -0.4 is 10.3 Å². The molecular formula is C7H16N2O3S. The van der Waals surface area contributed by atoms with E-state index >= 15 is 0 Å². The Morgan fingerprint density at radius 3 is 2.15 bits per heavy atom. The molecular weight excluding hydrogens is 192 g/mol. The van der Waals surface area contributed by atoms with Gasteiger partial charge in [0.05, 0.1) is 6.26 Å². The molecule has 0 heterocycles. The van der Waals surface area contributed by atoms with Crippen molar-refractivity contribution in [3.05, 3.63) is 0 Å². The van der Waals surface area contributed by atoms with Gasteiger partial charge in [-0.25, -0.2) is 8.42 Å². The van der Waals surface area contributed by atoms with Gasteiger partial charge in [-0.2, -0.15) is 0 Å². The van der Waals surface area contributed by atoms with Crippen molar-refractivity contribution < 1.29 is 13.2 Å². The Kier molecular flexibility index (Phi) is 3.87. The molecule has 0 aromatic carbocycles. The van der Waals surface area contributed by atoms with Gasteiger partial charge in [0, 0.05) is 5.41 Å². The van der Waals surface area contributed by atoms with Crippen LogP contribution in [0.4, 0.5) is 0 Å². The normalized spacial score (nSPS) is 12.6. The van der Waals surface area contributed by atoms with Gasteiger partial charge < -0.3 is 0 Å². The number of amides is 1. The lowest BCUT2D eigenvalue weighted by molar-refractivity contribution is -0.130. The maximum Gasteiger partial charge on any atom is 0.240 e. The van der Waals surface area contributed by atoms with Crippen molar-refractivity contribution >= 4 is 15.9 Å². The summed E-state index contributed by atoms with van der Waals surface area (Å²) in [5, 5.41) is 0. The van der Waals surface area contributed by atoms with E-state index in [1.54, 1.807) is 13.8 Å². The molecule has 0 fully saturated rings. The van der Waals surface area contributed by atoms with Crippen molar-refractivity contribution in [3.8, 4) is 0 Å². The van der Waals surface area contributed by atoms with Crippen LogP contribution in [-0.4, -0.2) is 20.6 Å². The summed E-state index contributed by atoms with van der Waals surface area (Å²) in [7, 11) is -3.37. The first-order chi connectivity index (χ1) is 5.69. The van der Waals surface area contributed by atoms with Crippen molar-refractivity contribution in [1.29, 1.82) is 0 Å². The highest BCUT2D eigenvalue weighted by Gasteiger charge is 2.25. The quantitative estimate of drug-likeness (QED) is 0.639. The van der Waals surface area contributed by atoms with E-state index in [-0.39, 0.29) is 5.91 Å². The lowest BCUT2D eigenvalue weighted by Gasteiger charge is -2.20. The number of carbonyl (C=O) groups excluding carboxylic acids is 1. The average molecular weight is 208 g/mol. The highest BCUT2D eigenvalue weighted by Crippen LogP contribution is 2.18. The van der Waals surface area contributed by atoms with Crippen molar-refractivity contribution in [3.63, 3.8) is 0 Å². The van der Waals surface area contributed by atoms with Crippen LogP contribution in [0.25, 0.3) is 0 Å². The van der Waals surface area contributed by atoms with Crippen LogP contribution in [0.5, 0.6) is 0 Å². The Labute approximate surface area is 78.9 Å². The molecule has 0 aliphatic carbocycles. The van der Waals surface area contributed by atoms with Gasteiger partial charge in [0.25, 0.3) is 0 Å². The fourth-order valence-electron chi connectivity index (χ4n) is 0.469. The molecule has 0 atom stereocenters. The molecule has 0 unspecified atom stereocenters. The van der Waals surface area contributed by atoms with Gasteiger partial charge in [-0.05, 0) is 6.42 Å². The Morgan fingerprint density at radius 2 is 1.85 bits per heavy atom. The first-order valence-corrected chi connectivity index (χ1v) is 5.85. The summed E-state index contributed by atoms with van der Waals surface area (Å²) in [5.74, 6) is -0.333. The van der Waals surface area contributed by atoms with E-state index in [9.17, 15) is 13.2 Å². The van der Waals surface area contributed by atoms with Gasteiger partial charge in [-0.1, -0.05) is 20.8 Å². The zero-order chi connectivity index (χ0) is 10.7. The van der Waals surface area contributed by atoms with Crippen molar-refractivity contribution in [2.45, 2.75) is 27.2 Å². The first kappa shape index (κ1) is 12.4. The van der Waals surface area contributed by atoms with Crippen LogP contribution in [0.2, 0.25) is 0 Å². The standard InChI is InChI=1S/C7H16N2O3S/c1-5-7(2,3)6(10)8-9-13(4,11)12/h9H,5H2,1-4H3,(H,8,10). The number of hydrogen-bond donors (Lipinski definition) is 2. The second-order valence-corrected chi connectivity index (χ2v) is 5.31.